The van der Waals surface area contributed by atoms with Crippen molar-refractivity contribution >= 4 is 11.8 Å². The quantitative estimate of drug-likeness (QED) is 0.489. The second-order valence-corrected chi connectivity index (χ2v) is 8.09. The van der Waals surface area contributed by atoms with Crippen LogP contribution in [0.1, 0.15) is 5.56 Å². The van der Waals surface area contributed by atoms with Crippen molar-refractivity contribution in [3.8, 4) is 16.9 Å². The van der Waals surface area contributed by atoms with Crippen LogP contribution in [0.2, 0.25) is 0 Å². The number of nitrogens with two attached hydrogens (primary N) is 1. The van der Waals surface area contributed by atoms with Gasteiger partial charge in [-0.2, -0.15) is 4.68 Å². The Hall–Kier alpha value is -3.85. The topological polar surface area (TPSA) is 89.0 Å². The molecule has 5 rings (SSSR count). The summed E-state index contributed by atoms with van der Waals surface area (Å²) in [5, 5.41) is 12.1. The van der Waals surface area contributed by atoms with Crippen molar-refractivity contribution in [2.45, 2.75) is 6.42 Å². The molecule has 0 radical (unpaired) electrons. The first-order valence-corrected chi connectivity index (χ1v) is 11.0. The van der Waals surface area contributed by atoms with E-state index in [-0.39, 0.29) is 5.82 Å². The van der Waals surface area contributed by atoms with Gasteiger partial charge in [0.1, 0.15) is 11.6 Å². The molecule has 0 bridgehead atoms. The van der Waals surface area contributed by atoms with Crippen molar-refractivity contribution in [3.63, 3.8) is 0 Å². The molecule has 2 N–H and O–H groups in total. The molecule has 4 aromatic rings. The van der Waals surface area contributed by atoms with Crippen molar-refractivity contribution in [3.05, 3.63) is 78.1 Å². The number of piperazine rings is 1. The van der Waals surface area contributed by atoms with Crippen LogP contribution in [0.25, 0.3) is 16.9 Å². The Morgan fingerprint density at radius 3 is 2.36 bits per heavy atom. The van der Waals surface area contributed by atoms with Gasteiger partial charge in [0.05, 0.1) is 11.4 Å². The van der Waals surface area contributed by atoms with E-state index in [1.165, 1.54) is 17.7 Å². The minimum Gasteiger partial charge on any atom is -0.384 e. The Bertz CT molecular complexity index is 1200. The normalized spacial score (nSPS) is 14.5. The van der Waals surface area contributed by atoms with Crippen molar-refractivity contribution in [1.82, 2.24) is 30.1 Å². The molecule has 168 valence electrons. The van der Waals surface area contributed by atoms with Crippen LogP contribution in [0.5, 0.6) is 0 Å². The highest BCUT2D eigenvalue weighted by molar-refractivity contribution is 5.61. The summed E-state index contributed by atoms with van der Waals surface area (Å²) in [6.07, 6.45) is 0.984. The van der Waals surface area contributed by atoms with E-state index in [9.17, 15) is 4.39 Å². The lowest BCUT2D eigenvalue weighted by Crippen LogP contribution is -2.47. The molecule has 33 heavy (non-hydrogen) atoms. The number of pyridine rings is 1. The number of hydrogen-bond acceptors (Lipinski definition) is 7. The summed E-state index contributed by atoms with van der Waals surface area (Å²) < 4.78 is 14.9. The van der Waals surface area contributed by atoms with Crippen molar-refractivity contribution in [2.75, 3.05) is 43.4 Å². The fourth-order valence-corrected chi connectivity index (χ4v) is 4.04. The lowest BCUT2D eigenvalue weighted by Gasteiger charge is -2.34. The summed E-state index contributed by atoms with van der Waals surface area (Å²) >= 11 is 0. The lowest BCUT2D eigenvalue weighted by molar-refractivity contribution is 0.259. The number of halogens is 1. The second-order valence-electron chi connectivity index (χ2n) is 8.09. The van der Waals surface area contributed by atoms with Gasteiger partial charge in [0.25, 0.3) is 0 Å². The zero-order valence-corrected chi connectivity index (χ0v) is 18.2. The largest absolute Gasteiger partial charge is 0.384 e. The Labute approximate surface area is 191 Å². The number of nitrogens with zero attached hydrogens (tertiary/aromatic N) is 7. The van der Waals surface area contributed by atoms with Gasteiger partial charge in [0.2, 0.25) is 5.95 Å². The summed E-state index contributed by atoms with van der Waals surface area (Å²) in [5.41, 5.74) is 9.79. The molecule has 1 aliphatic rings. The van der Waals surface area contributed by atoms with Crippen LogP contribution in [-0.2, 0) is 6.42 Å². The van der Waals surface area contributed by atoms with Crippen molar-refractivity contribution < 1.29 is 4.39 Å². The number of tetrazole rings is 1. The van der Waals surface area contributed by atoms with E-state index >= 15 is 0 Å². The maximum Gasteiger partial charge on any atom is 0.250 e. The molecule has 0 atom stereocenters. The van der Waals surface area contributed by atoms with E-state index < -0.39 is 0 Å². The van der Waals surface area contributed by atoms with Gasteiger partial charge in [0, 0.05) is 38.3 Å². The second kappa shape index (κ2) is 9.33. The van der Waals surface area contributed by atoms with Crippen molar-refractivity contribution in [2.24, 2.45) is 0 Å². The molecule has 3 heterocycles. The predicted molar refractivity (Wildman–Crippen MR) is 126 cm³/mol. The van der Waals surface area contributed by atoms with Crippen LogP contribution in [0, 0.1) is 5.82 Å². The first-order valence-electron chi connectivity index (χ1n) is 11.0. The Kier molecular flexibility index (Phi) is 5.95. The van der Waals surface area contributed by atoms with Crippen LogP contribution in [0.4, 0.5) is 16.2 Å². The molecule has 1 saturated heterocycles. The third kappa shape index (κ3) is 4.83. The number of aromatic nitrogens is 5. The molecule has 0 spiro atoms. The van der Waals surface area contributed by atoms with Crippen LogP contribution in [0.15, 0.2) is 66.7 Å². The molecule has 2 aromatic carbocycles. The monoisotopic (exact) mass is 444 g/mol. The number of anilines is 2. The maximum atomic E-state index is 13.2. The molecule has 0 unspecified atom stereocenters. The van der Waals surface area contributed by atoms with Gasteiger partial charge in [-0.15, -0.1) is 0 Å². The first kappa shape index (κ1) is 21.0. The molecular weight excluding hydrogens is 419 g/mol. The summed E-state index contributed by atoms with van der Waals surface area (Å²) in [4.78, 5) is 9.01. The molecular formula is C24H25FN8. The number of benzene rings is 2. The molecule has 1 aliphatic heterocycles. The smallest absolute Gasteiger partial charge is 0.250 e. The van der Waals surface area contributed by atoms with Crippen LogP contribution < -0.4 is 10.6 Å². The Morgan fingerprint density at radius 2 is 1.64 bits per heavy atom. The fourth-order valence-electron chi connectivity index (χ4n) is 4.04. The molecule has 0 aliphatic carbocycles. The molecule has 0 saturated carbocycles. The van der Waals surface area contributed by atoms with Gasteiger partial charge < -0.3 is 10.6 Å². The van der Waals surface area contributed by atoms with E-state index in [1.54, 1.807) is 22.9 Å². The summed E-state index contributed by atoms with van der Waals surface area (Å²) in [5.74, 6) is 0.937. The minimum absolute atomic E-state index is 0.280. The molecule has 9 heteroatoms. The summed E-state index contributed by atoms with van der Waals surface area (Å²) in [6, 6.07) is 20.4. The number of rotatable bonds is 6. The Morgan fingerprint density at radius 1 is 0.879 bits per heavy atom. The highest BCUT2D eigenvalue weighted by Gasteiger charge is 2.22. The average molecular weight is 445 g/mol. The molecule has 8 nitrogen and oxygen atoms in total. The standard InChI is InChI=1S/C24H25FN8/c25-20-8-10-21(11-9-20)33-24(28-29-30-33)32-16-14-31(15-17-32)13-12-18-4-6-19(7-5-18)22-2-1-3-23(26)27-22/h1-11H,12-17H2,(H2,26,27). The predicted octanol–water partition coefficient (Wildman–Crippen LogP) is 2.81. The van der Waals surface area contributed by atoms with E-state index in [0.717, 1.165) is 56.1 Å². The SMILES string of the molecule is Nc1cccc(-c2ccc(CCN3CCN(c4nnnn4-c4ccc(F)cc4)CC3)cc2)n1. The van der Waals surface area contributed by atoms with Crippen LogP contribution in [-0.4, -0.2) is 62.8 Å². The lowest BCUT2D eigenvalue weighted by atomic mass is 10.1. The average Bonchev–Trinajstić information content (AvgIpc) is 3.34. The number of hydrogen-bond donors (Lipinski definition) is 1. The van der Waals surface area contributed by atoms with Crippen LogP contribution in [0.3, 0.4) is 0 Å². The highest BCUT2D eigenvalue weighted by atomic mass is 19.1. The van der Waals surface area contributed by atoms with Gasteiger partial charge >= 0.3 is 0 Å². The van der Waals surface area contributed by atoms with Crippen LogP contribution >= 0.6 is 0 Å². The third-order valence-corrected chi connectivity index (χ3v) is 5.92. The Balaban J connectivity index is 1.15. The van der Waals surface area contributed by atoms with E-state index in [0.29, 0.717) is 11.8 Å². The molecule has 0 amide bonds. The van der Waals surface area contributed by atoms with Gasteiger partial charge in [-0.05, 0) is 58.8 Å². The summed E-state index contributed by atoms with van der Waals surface area (Å²) in [6.45, 7) is 4.53. The van der Waals surface area contributed by atoms with E-state index in [2.05, 4.69) is 54.6 Å². The van der Waals surface area contributed by atoms with E-state index in [1.807, 2.05) is 12.1 Å². The van der Waals surface area contributed by atoms with Crippen molar-refractivity contribution in [1.29, 1.82) is 0 Å². The zero-order valence-electron chi connectivity index (χ0n) is 18.2. The minimum atomic E-state index is -0.280. The third-order valence-electron chi connectivity index (χ3n) is 5.92. The maximum absolute atomic E-state index is 13.2. The summed E-state index contributed by atoms with van der Waals surface area (Å²) in [7, 11) is 0. The van der Waals surface area contributed by atoms with Gasteiger partial charge in [-0.25, -0.2) is 9.37 Å². The number of nitrogen functional groups attached to an aromatic ring is 1. The molecule has 2 aromatic heterocycles. The van der Waals surface area contributed by atoms with Gasteiger partial charge in [0.15, 0.2) is 0 Å². The highest BCUT2D eigenvalue weighted by Crippen LogP contribution is 2.20. The first-order chi connectivity index (χ1) is 16.2. The van der Waals surface area contributed by atoms with Gasteiger partial charge in [-0.3, -0.25) is 4.90 Å². The van der Waals surface area contributed by atoms with E-state index in [4.69, 9.17) is 5.73 Å². The van der Waals surface area contributed by atoms with Gasteiger partial charge in [-0.1, -0.05) is 35.4 Å². The fraction of sp³-hybridized carbons (Fsp3) is 0.250. The molecule has 1 fully saturated rings. The zero-order chi connectivity index (χ0) is 22.6.